The van der Waals surface area contributed by atoms with Gasteiger partial charge >= 0.3 is 6.03 Å². The van der Waals surface area contributed by atoms with Crippen molar-refractivity contribution in [1.82, 2.24) is 9.88 Å². The third-order valence-electron chi connectivity index (χ3n) is 4.70. The van der Waals surface area contributed by atoms with E-state index in [-0.39, 0.29) is 12.1 Å². The molecule has 4 rings (SSSR count). The number of methoxy groups -OCH3 is 1. The smallest absolute Gasteiger partial charge is 0.323 e. The van der Waals surface area contributed by atoms with Crippen LogP contribution in [0.1, 0.15) is 17.7 Å². The molecule has 1 aromatic carbocycles. The van der Waals surface area contributed by atoms with Crippen LogP contribution in [0.3, 0.4) is 0 Å². The maximum atomic E-state index is 12.5. The van der Waals surface area contributed by atoms with E-state index in [2.05, 4.69) is 29.4 Å². The van der Waals surface area contributed by atoms with Gasteiger partial charge in [0.05, 0.1) is 17.9 Å². The lowest BCUT2D eigenvalue weighted by atomic mass is 10.1. The molecule has 0 aliphatic carbocycles. The molecule has 0 radical (unpaired) electrons. The molecule has 1 saturated heterocycles. The van der Waals surface area contributed by atoms with E-state index in [1.54, 1.807) is 23.3 Å². The molecule has 8 heteroatoms. The molecule has 0 atom stereocenters. The van der Waals surface area contributed by atoms with Crippen LogP contribution in [-0.4, -0.2) is 47.3 Å². The number of piperidine rings is 1. The third kappa shape index (κ3) is 3.65. The molecule has 2 amide bonds. The van der Waals surface area contributed by atoms with E-state index in [0.29, 0.717) is 36.8 Å². The highest BCUT2D eigenvalue weighted by molar-refractivity contribution is 7.23. The summed E-state index contributed by atoms with van der Waals surface area (Å²) in [6, 6.07) is 8.00. The summed E-state index contributed by atoms with van der Waals surface area (Å²) in [5.41, 5.74) is 1.86. The predicted molar refractivity (Wildman–Crippen MR) is 110 cm³/mol. The van der Waals surface area contributed by atoms with Gasteiger partial charge in [0.2, 0.25) is 0 Å². The highest BCUT2D eigenvalue weighted by atomic mass is 32.1. The van der Waals surface area contributed by atoms with Crippen LogP contribution in [0.15, 0.2) is 24.3 Å². The summed E-state index contributed by atoms with van der Waals surface area (Å²) in [5, 5.41) is 13.1. The Bertz CT molecular complexity index is 974. The number of aryl methyl sites for hydroxylation is 1. The Morgan fingerprint density at radius 2 is 2.04 bits per heavy atom. The Morgan fingerprint density at radius 1 is 1.26 bits per heavy atom. The number of aromatic nitrogens is 1. The molecule has 3 aromatic rings. The minimum absolute atomic E-state index is 0.173. The first-order valence-electron chi connectivity index (χ1n) is 8.83. The molecule has 1 aliphatic heterocycles. The van der Waals surface area contributed by atoms with Gasteiger partial charge in [0.15, 0.2) is 5.13 Å². The number of carbonyl (C=O) groups excluding carboxylic acids is 1. The SMILES string of the molecule is COc1ccc(-c2ccc(C)s2)c2sc(NC(=O)N3CCC(O)CC3)nc12. The van der Waals surface area contributed by atoms with Gasteiger partial charge in [0.1, 0.15) is 11.3 Å². The normalized spacial score (nSPS) is 15.3. The highest BCUT2D eigenvalue weighted by Gasteiger charge is 2.23. The van der Waals surface area contributed by atoms with Crippen molar-refractivity contribution in [3.05, 3.63) is 29.1 Å². The number of thiazole rings is 1. The molecular formula is C19H21N3O3S2. The quantitative estimate of drug-likeness (QED) is 0.683. The van der Waals surface area contributed by atoms with Gasteiger partial charge in [-0.3, -0.25) is 5.32 Å². The molecule has 0 saturated carbocycles. The number of rotatable bonds is 3. The lowest BCUT2D eigenvalue weighted by Crippen LogP contribution is -2.42. The van der Waals surface area contributed by atoms with Crippen LogP contribution in [0, 0.1) is 6.92 Å². The fourth-order valence-electron chi connectivity index (χ4n) is 3.21. The zero-order valence-corrected chi connectivity index (χ0v) is 16.8. The van der Waals surface area contributed by atoms with Gasteiger partial charge in [0, 0.05) is 28.4 Å². The number of amides is 2. The summed E-state index contributed by atoms with van der Waals surface area (Å²) >= 11 is 3.19. The molecular weight excluding hydrogens is 382 g/mol. The second-order valence-corrected chi connectivity index (χ2v) is 8.86. The highest BCUT2D eigenvalue weighted by Crippen LogP contribution is 2.41. The van der Waals surface area contributed by atoms with Crippen LogP contribution >= 0.6 is 22.7 Å². The average Bonchev–Trinajstić information content (AvgIpc) is 3.27. The van der Waals surface area contributed by atoms with Gasteiger partial charge in [0.25, 0.3) is 0 Å². The number of fused-ring (bicyclic) bond motifs is 1. The summed E-state index contributed by atoms with van der Waals surface area (Å²) in [6.45, 7) is 3.20. The maximum absolute atomic E-state index is 12.5. The lowest BCUT2D eigenvalue weighted by Gasteiger charge is -2.29. The van der Waals surface area contributed by atoms with Crippen LogP contribution in [-0.2, 0) is 0 Å². The number of carbonyl (C=O) groups is 1. The Hall–Kier alpha value is -2.16. The number of nitrogens with one attached hydrogen (secondary N) is 1. The minimum atomic E-state index is -0.308. The van der Waals surface area contributed by atoms with Gasteiger partial charge in [-0.25, -0.2) is 9.78 Å². The molecule has 2 aromatic heterocycles. The summed E-state index contributed by atoms with van der Waals surface area (Å²) in [5.74, 6) is 0.694. The Kier molecular flexibility index (Phi) is 5.03. The number of nitrogens with zero attached hydrogens (tertiary/aromatic N) is 2. The number of aliphatic hydroxyl groups is 1. The van der Waals surface area contributed by atoms with Crippen LogP contribution in [0.4, 0.5) is 9.93 Å². The first-order chi connectivity index (χ1) is 13.0. The van der Waals surface area contributed by atoms with Crippen molar-refractivity contribution in [2.24, 2.45) is 0 Å². The number of thiophene rings is 1. The topological polar surface area (TPSA) is 74.7 Å². The van der Waals surface area contributed by atoms with Crippen LogP contribution < -0.4 is 10.1 Å². The summed E-state index contributed by atoms with van der Waals surface area (Å²) in [7, 11) is 1.63. The van der Waals surface area contributed by atoms with E-state index in [1.165, 1.54) is 21.1 Å². The van der Waals surface area contributed by atoms with Crippen LogP contribution in [0.2, 0.25) is 0 Å². The molecule has 3 heterocycles. The Morgan fingerprint density at radius 3 is 2.70 bits per heavy atom. The number of aliphatic hydroxyl groups excluding tert-OH is 1. The van der Waals surface area contributed by atoms with Crippen molar-refractivity contribution in [1.29, 1.82) is 0 Å². The molecule has 142 valence electrons. The predicted octanol–water partition coefficient (Wildman–Crippen LogP) is 4.33. The maximum Gasteiger partial charge on any atom is 0.323 e. The van der Waals surface area contributed by atoms with Crippen molar-refractivity contribution in [2.75, 3.05) is 25.5 Å². The zero-order valence-electron chi connectivity index (χ0n) is 15.2. The van der Waals surface area contributed by atoms with Crippen molar-refractivity contribution in [3.63, 3.8) is 0 Å². The number of hydrogen-bond acceptors (Lipinski definition) is 6. The lowest BCUT2D eigenvalue weighted by molar-refractivity contribution is 0.0972. The molecule has 2 N–H and O–H groups in total. The first kappa shape index (κ1) is 18.2. The zero-order chi connectivity index (χ0) is 19.0. The van der Waals surface area contributed by atoms with Crippen LogP contribution in [0.25, 0.3) is 20.7 Å². The molecule has 0 unspecified atom stereocenters. The van der Waals surface area contributed by atoms with E-state index >= 15 is 0 Å². The molecule has 0 bridgehead atoms. The number of urea groups is 1. The number of hydrogen-bond donors (Lipinski definition) is 2. The summed E-state index contributed by atoms with van der Waals surface area (Å²) < 4.78 is 6.47. The van der Waals surface area contributed by atoms with E-state index in [0.717, 1.165) is 15.8 Å². The van der Waals surface area contributed by atoms with Crippen molar-refractivity contribution < 1.29 is 14.6 Å². The van der Waals surface area contributed by atoms with Gasteiger partial charge in [-0.15, -0.1) is 11.3 Å². The summed E-state index contributed by atoms with van der Waals surface area (Å²) in [6.07, 6.45) is 0.920. The van der Waals surface area contributed by atoms with Gasteiger partial charge in [-0.05, 0) is 44.0 Å². The molecule has 6 nitrogen and oxygen atoms in total. The van der Waals surface area contributed by atoms with E-state index < -0.39 is 0 Å². The number of anilines is 1. The number of likely N-dealkylation sites (tertiary alicyclic amines) is 1. The Balaban J connectivity index is 1.65. The number of benzene rings is 1. The van der Waals surface area contributed by atoms with Crippen molar-refractivity contribution >= 4 is 44.1 Å². The second-order valence-electron chi connectivity index (χ2n) is 6.57. The third-order valence-corrected chi connectivity index (χ3v) is 6.74. The van der Waals surface area contributed by atoms with E-state index in [9.17, 15) is 9.90 Å². The van der Waals surface area contributed by atoms with Crippen molar-refractivity contribution in [3.8, 4) is 16.2 Å². The molecule has 0 spiro atoms. The fourth-order valence-corrected chi connectivity index (χ4v) is 5.18. The monoisotopic (exact) mass is 403 g/mol. The molecule has 27 heavy (non-hydrogen) atoms. The van der Waals surface area contributed by atoms with E-state index in [1.807, 2.05) is 12.1 Å². The standard InChI is InChI=1S/C19H21N3O3S2/c1-11-3-6-15(26-11)13-4-5-14(25-2)16-17(13)27-18(20-16)21-19(24)22-9-7-12(23)8-10-22/h3-6,12,23H,7-10H2,1-2H3,(H,20,21,24). The summed E-state index contributed by atoms with van der Waals surface area (Å²) in [4.78, 5) is 21.3. The minimum Gasteiger partial charge on any atom is -0.494 e. The fraction of sp³-hybridized carbons (Fsp3) is 0.368. The molecule has 1 fully saturated rings. The molecule has 1 aliphatic rings. The Labute approximate surface area is 165 Å². The van der Waals surface area contributed by atoms with Crippen molar-refractivity contribution in [2.45, 2.75) is 25.9 Å². The largest absolute Gasteiger partial charge is 0.494 e. The first-order valence-corrected chi connectivity index (χ1v) is 10.5. The van der Waals surface area contributed by atoms with Gasteiger partial charge in [-0.2, -0.15) is 0 Å². The van der Waals surface area contributed by atoms with Gasteiger partial charge < -0.3 is 14.7 Å². The second kappa shape index (κ2) is 7.46. The van der Waals surface area contributed by atoms with Gasteiger partial charge in [-0.1, -0.05) is 11.3 Å². The van der Waals surface area contributed by atoms with E-state index in [4.69, 9.17) is 4.74 Å². The van der Waals surface area contributed by atoms with Crippen LogP contribution in [0.5, 0.6) is 5.75 Å². The average molecular weight is 404 g/mol. The number of ether oxygens (including phenoxy) is 1.